The number of aromatic nitrogens is 3. The van der Waals surface area contributed by atoms with Gasteiger partial charge in [-0.1, -0.05) is 41.9 Å². The van der Waals surface area contributed by atoms with Gasteiger partial charge in [0, 0.05) is 10.9 Å². The van der Waals surface area contributed by atoms with Crippen LogP contribution in [0.3, 0.4) is 0 Å². The van der Waals surface area contributed by atoms with Crippen LogP contribution in [0.25, 0.3) is 0 Å². The van der Waals surface area contributed by atoms with E-state index in [1.807, 2.05) is 58.1 Å². The number of carbonyl (C=O) groups excluding carboxylic acids is 1. The van der Waals surface area contributed by atoms with Crippen LogP contribution in [0.15, 0.2) is 54.9 Å². The number of nitrogens with zero attached hydrogens (tertiary/aromatic N) is 4. The lowest BCUT2D eigenvalue weighted by atomic mass is 9.91. The van der Waals surface area contributed by atoms with Crippen LogP contribution in [0.2, 0.25) is 5.02 Å². The Labute approximate surface area is 174 Å². The molecule has 1 aliphatic carbocycles. The van der Waals surface area contributed by atoms with Crippen molar-refractivity contribution in [1.82, 2.24) is 14.8 Å². The molecule has 2 atom stereocenters. The van der Waals surface area contributed by atoms with Crippen LogP contribution in [-0.2, 0) is 4.79 Å². The fourth-order valence-corrected chi connectivity index (χ4v) is 4.35. The molecule has 29 heavy (non-hydrogen) atoms. The maximum Gasteiger partial charge on any atom is 0.233 e. The first-order chi connectivity index (χ1) is 14.2. The summed E-state index contributed by atoms with van der Waals surface area (Å²) < 4.78 is 7.14. The summed E-state index contributed by atoms with van der Waals surface area (Å²) in [6.45, 7) is 0. The molecule has 148 valence electrons. The second kappa shape index (κ2) is 7.19. The first-order valence-corrected chi connectivity index (χ1v) is 10.2. The molecular weight excluding hydrogens is 388 g/mol. The average Bonchev–Trinajstić information content (AvgIpc) is 3.49. The summed E-state index contributed by atoms with van der Waals surface area (Å²) in [6, 6.07) is 15.4. The highest BCUT2D eigenvalue weighted by Crippen LogP contribution is 2.45. The number of amides is 1. The molecule has 1 amide bonds. The monoisotopic (exact) mass is 408 g/mol. The first kappa shape index (κ1) is 18.2. The van der Waals surface area contributed by atoms with Gasteiger partial charge in [-0.3, -0.25) is 9.69 Å². The molecule has 0 unspecified atom stereocenters. The lowest BCUT2D eigenvalue weighted by Gasteiger charge is -2.39. The predicted molar refractivity (Wildman–Crippen MR) is 110 cm³/mol. The van der Waals surface area contributed by atoms with Crippen LogP contribution >= 0.6 is 11.6 Å². The molecule has 7 heteroatoms. The van der Waals surface area contributed by atoms with Crippen LogP contribution < -0.4 is 9.64 Å². The number of anilines is 1. The Morgan fingerprint density at radius 2 is 1.86 bits per heavy atom. The summed E-state index contributed by atoms with van der Waals surface area (Å²) in [5.74, 6) is 1.57. The molecule has 6 nitrogen and oxygen atoms in total. The quantitative estimate of drug-likeness (QED) is 0.641. The van der Waals surface area contributed by atoms with Gasteiger partial charge >= 0.3 is 0 Å². The van der Waals surface area contributed by atoms with E-state index < -0.39 is 0 Å². The van der Waals surface area contributed by atoms with E-state index in [9.17, 15) is 4.79 Å². The van der Waals surface area contributed by atoms with Crippen molar-refractivity contribution in [1.29, 1.82) is 0 Å². The predicted octanol–water partition coefficient (Wildman–Crippen LogP) is 4.42. The van der Waals surface area contributed by atoms with Gasteiger partial charge in [0.05, 0.1) is 19.2 Å². The van der Waals surface area contributed by atoms with Crippen LogP contribution in [0.4, 0.5) is 5.95 Å². The van der Waals surface area contributed by atoms with Crippen LogP contribution in [0.1, 0.15) is 42.5 Å². The van der Waals surface area contributed by atoms with Gasteiger partial charge in [0.25, 0.3) is 0 Å². The van der Waals surface area contributed by atoms with Crippen LogP contribution in [0.5, 0.6) is 5.75 Å². The molecule has 0 saturated heterocycles. The van der Waals surface area contributed by atoms with E-state index >= 15 is 0 Å². The molecule has 1 fully saturated rings. The molecule has 2 aromatic carbocycles. The van der Waals surface area contributed by atoms with E-state index in [1.54, 1.807) is 7.11 Å². The number of hydrogen-bond donors (Lipinski definition) is 0. The molecule has 3 aromatic rings. The Morgan fingerprint density at radius 3 is 2.55 bits per heavy atom. The minimum absolute atomic E-state index is 0.0813. The van der Waals surface area contributed by atoms with Crippen LogP contribution in [-0.4, -0.2) is 27.8 Å². The zero-order chi connectivity index (χ0) is 20.0. The maximum absolute atomic E-state index is 13.2. The number of ether oxygens (including phenoxy) is 1. The molecule has 1 saturated carbocycles. The van der Waals surface area contributed by atoms with E-state index in [4.69, 9.17) is 16.3 Å². The van der Waals surface area contributed by atoms with Gasteiger partial charge in [-0.15, -0.1) is 0 Å². The number of benzene rings is 2. The third kappa shape index (κ3) is 3.17. The Morgan fingerprint density at radius 1 is 1.10 bits per heavy atom. The number of fused-ring (bicyclic) bond motifs is 1. The fraction of sp³-hybridized carbons (Fsp3) is 0.318. The smallest absolute Gasteiger partial charge is 0.233 e. The molecule has 0 radical (unpaired) electrons. The SMILES string of the molecule is COc1ccc([C@H]2C[C@@H](c3ccccc3Cl)n3ncnc3N2C(=O)C2CC2)cc1. The Kier molecular flexibility index (Phi) is 4.51. The Bertz CT molecular complexity index is 1040. The lowest BCUT2D eigenvalue weighted by molar-refractivity contribution is -0.120. The maximum atomic E-state index is 13.2. The van der Waals surface area contributed by atoms with Gasteiger partial charge in [-0.2, -0.15) is 10.1 Å². The highest BCUT2D eigenvalue weighted by molar-refractivity contribution is 6.31. The van der Waals surface area contributed by atoms with Crippen molar-refractivity contribution in [2.24, 2.45) is 5.92 Å². The van der Waals surface area contributed by atoms with E-state index in [0.29, 0.717) is 17.4 Å². The standard InChI is InChI=1S/C22H21ClN4O2/c1-29-16-10-8-14(9-11-16)19-12-20(17-4-2-3-5-18(17)23)27-22(24-13-25-27)26(19)21(28)15-6-7-15/h2-5,8-11,13,15,19-20H,6-7,12H2,1H3/t19-,20+/m1/s1. The summed E-state index contributed by atoms with van der Waals surface area (Å²) in [5.41, 5.74) is 2.03. The lowest BCUT2D eigenvalue weighted by Crippen LogP contribution is -2.43. The van der Waals surface area contributed by atoms with E-state index in [0.717, 1.165) is 29.7 Å². The van der Waals surface area contributed by atoms with E-state index in [2.05, 4.69) is 10.1 Å². The third-order valence-corrected chi connectivity index (χ3v) is 6.10. The molecule has 1 aliphatic heterocycles. The highest BCUT2D eigenvalue weighted by Gasteiger charge is 2.44. The summed E-state index contributed by atoms with van der Waals surface area (Å²) in [4.78, 5) is 19.5. The molecule has 2 heterocycles. The molecule has 0 spiro atoms. The zero-order valence-electron chi connectivity index (χ0n) is 16.0. The average molecular weight is 409 g/mol. The van der Waals surface area contributed by atoms with Crippen molar-refractivity contribution in [3.05, 3.63) is 71.0 Å². The summed E-state index contributed by atoms with van der Waals surface area (Å²) in [6.07, 6.45) is 4.06. The van der Waals surface area contributed by atoms with Gasteiger partial charge in [0.15, 0.2) is 0 Å². The van der Waals surface area contributed by atoms with Crippen molar-refractivity contribution in [2.75, 3.05) is 12.0 Å². The van der Waals surface area contributed by atoms with E-state index in [1.165, 1.54) is 6.33 Å². The van der Waals surface area contributed by atoms with Crippen molar-refractivity contribution < 1.29 is 9.53 Å². The van der Waals surface area contributed by atoms with Crippen LogP contribution in [0, 0.1) is 5.92 Å². The summed E-state index contributed by atoms with van der Waals surface area (Å²) in [5, 5.41) is 5.15. The number of methoxy groups -OCH3 is 1. The second-order valence-corrected chi connectivity index (χ2v) is 7.96. The van der Waals surface area contributed by atoms with Gasteiger partial charge < -0.3 is 4.74 Å². The largest absolute Gasteiger partial charge is 0.497 e. The summed E-state index contributed by atoms with van der Waals surface area (Å²) in [7, 11) is 1.65. The molecule has 1 aromatic heterocycles. The second-order valence-electron chi connectivity index (χ2n) is 7.55. The first-order valence-electron chi connectivity index (χ1n) is 9.78. The highest BCUT2D eigenvalue weighted by atomic mass is 35.5. The van der Waals surface area contributed by atoms with Gasteiger partial charge in [-0.05, 0) is 48.6 Å². The summed E-state index contributed by atoms with van der Waals surface area (Å²) >= 11 is 6.53. The zero-order valence-corrected chi connectivity index (χ0v) is 16.8. The minimum atomic E-state index is -0.146. The van der Waals surface area contributed by atoms with Crippen molar-refractivity contribution in [3.8, 4) is 5.75 Å². The number of hydrogen-bond acceptors (Lipinski definition) is 4. The minimum Gasteiger partial charge on any atom is -0.497 e. The molecular formula is C22H21ClN4O2. The third-order valence-electron chi connectivity index (χ3n) is 5.75. The van der Waals surface area contributed by atoms with Crippen molar-refractivity contribution in [3.63, 3.8) is 0 Å². The topological polar surface area (TPSA) is 60.2 Å². The fourth-order valence-electron chi connectivity index (χ4n) is 4.09. The van der Waals surface area contributed by atoms with Gasteiger partial charge in [0.2, 0.25) is 11.9 Å². The molecule has 0 bridgehead atoms. The van der Waals surface area contributed by atoms with Crippen molar-refractivity contribution >= 4 is 23.5 Å². The number of halogens is 1. The Hall–Kier alpha value is -2.86. The van der Waals surface area contributed by atoms with E-state index in [-0.39, 0.29) is 23.9 Å². The van der Waals surface area contributed by atoms with Crippen molar-refractivity contribution in [2.45, 2.75) is 31.3 Å². The Balaban J connectivity index is 1.62. The normalized spacial score (nSPS) is 21.0. The molecule has 0 N–H and O–H groups in total. The van der Waals surface area contributed by atoms with Gasteiger partial charge in [-0.25, -0.2) is 4.68 Å². The number of rotatable bonds is 4. The molecule has 2 aliphatic rings. The number of carbonyl (C=O) groups is 1. The van der Waals surface area contributed by atoms with Gasteiger partial charge in [0.1, 0.15) is 12.1 Å². The molecule has 5 rings (SSSR count).